The Morgan fingerprint density at radius 1 is 1.05 bits per heavy atom. The molecule has 3 nitrogen and oxygen atoms in total. The third kappa shape index (κ3) is 3.34. The van der Waals surface area contributed by atoms with Crippen LogP contribution in [0.5, 0.6) is 0 Å². The van der Waals surface area contributed by atoms with Gasteiger partial charge in [-0.2, -0.15) is 0 Å². The van der Waals surface area contributed by atoms with Crippen LogP contribution in [0.15, 0.2) is 65.7 Å². The summed E-state index contributed by atoms with van der Waals surface area (Å²) in [5.41, 5.74) is 1.96. The number of hydrogen-bond acceptors (Lipinski definition) is 3. The number of thioether (sulfide) groups is 1. The van der Waals surface area contributed by atoms with Gasteiger partial charge in [-0.1, -0.05) is 60.3 Å². The molecule has 0 fully saturated rings. The number of nitrogens with zero attached hydrogens (tertiary/aromatic N) is 2. The second-order valence-electron chi connectivity index (χ2n) is 4.76. The van der Waals surface area contributed by atoms with E-state index < -0.39 is 0 Å². The molecular formula is C17H16N2OS. The first-order chi connectivity index (χ1) is 10.3. The Morgan fingerprint density at radius 2 is 1.71 bits per heavy atom. The van der Waals surface area contributed by atoms with Crippen molar-refractivity contribution in [3.63, 3.8) is 0 Å². The highest BCUT2D eigenvalue weighted by Crippen LogP contribution is 2.21. The molecule has 1 heterocycles. The Hall–Kier alpha value is -2.07. The summed E-state index contributed by atoms with van der Waals surface area (Å²) >= 11 is 1.62. The van der Waals surface area contributed by atoms with E-state index in [4.69, 9.17) is 0 Å². The lowest BCUT2D eigenvalue weighted by molar-refractivity contribution is 0.0860. The fourth-order valence-electron chi connectivity index (χ4n) is 2.20. The Kier molecular flexibility index (Phi) is 4.36. The van der Waals surface area contributed by atoms with Crippen LogP contribution in [0.1, 0.15) is 15.9 Å². The Bertz CT molecular complexity index is 640. The van der Waals surface area contributed by atoms with Crippen LogP contribution in [-0.2, 0) is 5.75 Å². The van der Waals surface area contributed by atoms with E-state index in [-0.39, 0.29) is 5.91 Å². The van der Waals surface area contributed by atoms with Gasteiger partial charge in [-0.3, -0.25) is 14.7 Å². The Labute approximate surface area is 128 Å². The zero-order chi connectivity index (χ0) is 14.5. The second kappa shape index (κ2) is 6.59. The number of carbonyl (C=O) groups excluding carboxylic acids is 1. The lowest BCUT2D eigenvalue weighted by atomic mass is 10.2. The minimum absolute atomic E-state index is 0.0346. The number of carbonyl (C=O) groups is 1. The van der Waals surface area contributed by atoms with Crippen LogP contribution < -0.4 is 0 Å². The fourth-order valence-corrected chi connectivity index (χ4v) is 3.20. The van der Waals surface area contributed by atoms with E-state index in [1.807, 2.05) is 48.5 Å². The highest BCUT2D eigenvalue weighted by molar-refractivity contribution is 8.13. The molecular weight excluding hydrogens is 280 g/mol. The minimum Gasteiger partial charge on any atom is -0.286 e. The Morgan fingerprint density at radius 3 is 2.43 bits per heavy atom. The molecule has 0 spiro atoms. The first-order valence-electron chi connectivity index (χ1n) is 6.93. The van der Waals surface area contributed by atoms with E-state index in [0.29, 0.717) is 18.7 Å². The van der Waals surface area contributed by atoms with Gasteiger partial charge in [0, 0.05) is 17.9 Å². The van der Waals surface area contributed by atoms with Crippen molar-refractivity contribution in [2.45, 2.75) is 5.75 Å². The molecule has 21 heavy (non-hydrogen) atoms. The number of amidine groups is 1. The van der Waals surface area contributed by atoms with Crippen molar-refractivity contribution in [2.24, 2.45) is 4.99 Å². The molecule has 1 aliphatic heterocycles. The van der Waals surface area contributed by atoms with Crippen molar-refractivity contribution >= 4 is 22.8 Å². The van der Waals surface area contributed by atoms with Gasteiger partial charge in [0.05, 0.1) is 6.54 Å². The highest BCUT2D eigenvalue weighted by Gasteiger charge is 2.24. The summed E-state index contributed by atoms with van der Waals surface area (Å²) in [6, 6.07) is 19.6. The van der Waals surface area contributed by atoms with Crippen LogP contribution >= 0.6 is 11.8 Å². The van der Waals surface area contributed by atoms with E-state index in [2.05, 4.69) is 17.1 Å². The summed E-state index contributed by atoms with van der Waals surface area (Å²) < 4.78 is 0. The van der Waals surface area contributed by atoms with Gasteiger partial charge in [0.1, 0.15) is 0 Å². The van der Waals surface area contributed by atoms with Crippen LogP contribution in [0.4, 0.5) is 0 Å². The van der Waals surface area contributed by atoms with Gasteiger partial charge in [0.15, 0.2) is 5.17 Å². The second-order valence-corrected chi connectivity index (χ2v) is 5.70. The van der Waals surface area contributed by atoms with Crippen LogP contribution in [0, 0.1) is 0 Å². The number of aliphatic imine (C=N–C) groups is 1. The normalized spacial score (nSPS) is 14.1. The van der Waals surface area contributed by atoms with E-state index in [0.717, 1.165) is 10.9 Å². The first-order valence-corrected chi connectivity index (χ1v) is 7.91. The van der Waals surface area contributed by atoms with Gasteiger partial charge in [-0.25, -0.2) is 0 Å². The number of rotatable bonds is 3. The average molecular weight is 296 g/mol. The first kappa shape index (κ1) is 13.9. The monoisotopic (exact) mass is 296 g/mol. The molecule has 0 bridgehead atoms. The lowest BCUT2D eigenvalue weighted by Crippen LogP contribution is -2.32. The lowest BCUT2D eigenvalue weighted by Gasteiger charge is -2.17. The molecule has 2 aromatic carbocycles. The molecule has 1 amide bonds. The van der Waals surface area contributed by atoms with Crippen LogP contribution in [0.3, 0.4) is 0 Å². The molecule has 1 aliphatic rings. The van der Waals surface area contributed by atoms with Crippen LogP contribution in [-0.4, -0.2) is 29.1 Å². The zero-order valence-electron chi connectivity index (χ0n) is 11.6. The van der Waals surface area contributed by atoms with Crippen molar-refractivity contribution in [1.29, 1.82) is 0 Å². The molecule has 0 atom stereocenters. The van der Waals surface area contributed by atoms with Crippen LogP contribution in [0.25, 0.3) is 0 Å². The number of benzene rings is 2. The zero-order valence-corrected chi connectivity index (χ0v) is 12.4. The van der Waals surface area contributed by atoms with Gasteiger partial charge >= 0.3 is 0 Å². The van der Waals surface area contributed by atoms with Gasteiger partial charge < -0.3 is 0 Å². The molecule has 0 saturated carbocycles. The van der Waals surface area contributed by atoms with Crippen molar-refractivity contribution < 1.29 is 4.79 Å². The maximum Gasteiger partial charge on any atom is 0.259 e. The summed E-state index contributed by atoms with van der Waals surface area (Å²) in [7, 11) is 0. The van der Waals surface area contributed by atoms with Gasteiger partial charge in [0.25, 0.3) is 5.91 Å². The fraction of sp³-hybridized carbons (Fsp3) is 0.176. The summed E-state index contributed by atoms with van der Waals surface area (Å²) in [5.74, 6) is 0.866. The van der Waals surface area contributed by atoms with Crippen molar-refractivity contribution in [3.8, 4) is 0 Å². The van der Waals surface area contributed by atoms with Crippen molar-refractivity contribution in [2.75, 3.05) is 13.1 Å². The molecule has 4 heteroatoms. The van der Waals surface area contributed by atoms with Crippen molar-refractivity contribution in [3.05, 3.63) is 71.8 Å². The minimum atomic E-state index is 0.0346. The molecule has 0 unspecified atom stereocenters. The van der Waals surface area contributed by atoms with Crippen LogP contribution in [0.2, 0.25) is 0 Å². The van der Waals surface area contributed by atoms with Gasteiger partial charge in [0.2, 0.25) is 0 Å². The summed E-state index contributed by atoms with van der Waals surface area (Å²) in [4.78, 5) is 18.7. The molecule has 2 aromatic rings. The largest absolute Gasteiger partial charge is 0.286 e. The number of hydrogen-bond donors (Lipinski definition) is 0. The SMILES string of the molecule is O=C(c1ccccc1)N1CCN=C1SCc1ccccc1. The van der Waals surface area contributed by atoms with Gasteiger partial charge in [-0.05, 0) is 17.7 Å². The molecule has 3 rings (SSSR count). The van der Waals surface area contributed by atoms with Crippen molar-refractivity contribution in [1.82, 2.24) is 4.90 Å². The molecule has 0 saturated heterocycles. The predicted octanol–water partition coefficient (Wildman–Crippen LogP) is 3.43. The maximum atomic E-state index is 12.5. The summed E-state index contributed by atoms with van der Waals surface area (Å²) in [5, 5.41) is 0.827. The third-order valence-electron chi connectivity index (χ3n) is 3.28. The quantitative estimate of drug-likeness (QED) is 0.869. The predicted molar refractivity (Wildman–Crippen MR) is 87.5 cm³/mol. The summed E-state index contributed by atoms with van der Waals surface area (Å²) in [6.45, 7) is 1.36. The van der Waals surface area contributed by atoms with E-state index in [9.17, 15) is 4.79 Å². The topological polar surface area (TPSA) is 32.7 Å². The maximum absolute atomic E-state index is 12.5. The molecule has 106 valence electrons. The smallest absolute Gasteiger partial charge is 0.259 e. The molecule has 0 N–H and O–H groups in total. The molecule has 0 aromatic heterocycles. The van der Waals surface area contributed by atoms with E-state index >= 15 is 0 Å². The highest BCUT2D eigenvalue weighted by atomic mass is 32.2. The molecule has 0 radical (unpaired) electrons. The average Bonchev–Trinajstić information content (AvgIpc) is 3.02. The number of amides is 1. The molecule has 0 aliphatic carbocycles. The van der Waals surface area contributed by atoms with Gasteiger partial charge in [-0.15, -0.1) is 0 Å². The Balaban J connectivity index is 1.67. The third-order valence-corrected chi connectivity index (χ3v) is 4.36. The summed E-state index contributed by atoms with van der Waals surface area (Å²) in [6.07, 6.45) is 0. The van der Waals surface area contributed by atoms with E-state index in [1.165, 1.54) is 5.56 Å². The van der Waals surface area contributed by atoms with E-state index in [1.54, 1.807) is 16.7 Å². The standard InChI is InChI=1S/C17H16N2OS/c20-16(15-9-5-2-6-10-15)19-12-11-18-17(19)21-13-14-7-3-1-4-8-14/h1-10H,11-13H2.